The first-order chi connectivity index (χ1) is 12.8. The number of hydrogen-bond acceptors (Lipinski definition) is 4. The number of benzene rings is 2. The predicted molar refractivity (Wildman–Crippen MR) is 87.9 cm³/mol. The third-order valence-electron chi connectivity index (χ3n) is 3.32. The third kappa shape index (κ3) is 4.78. The highest BCUT2D eigenvalue weighted by Gasteiger charge is 2.30. The van der Waals surface area contributed by atoms with Crippen molar-refractivity contribution < 1.29 is 27.1 Å². The molecule has 0 saturated heterocycles. The van der Waals surface area contributed by atoms with Crippen LogP contribution < -0.4 is 10.1 Å². The lowest BCUT2D eigenvalue weighted by molar-refractivity contribution is -0.137. The summed E-state index contributed by atoms with van der Waals surface area (Å²) in [5.74, 6) is -1.59. The number of ether oxygens (including phenoxy) is 1. The van der Waals surface area contributed by atoms with E-state index in [-0.39, 0.29) is 17.5 Å². The zero-order valence-electron chi connectivity index (χ0n) is 13.5. The van der Waals surface area contributed by atoms with Crippen molar-refractivity contribution >= 4 is 11.6 Å². The molecule has 0 aliphatic rings. The highest BCUT2D eigenvalue weighted by atomic mass is 19.4. The molecule has 0 aliphatic carbocycles. The molecular weight excluding hydrogens is 366 g/mol. The molecule has 0 spiro atoms. The second-order valence-electron chi connectivity index (χ2n) is 5.31. The molecule has 138 valence electrons. The van der Waals surface area contributed by atoms with E-state index in [1.165, 1.54) is 48.7 Å². The van der Waals surface area contributed by atoms with Crippen molar-refractivity contribution in [3.63, 3.8) is 0 Å². The van der Waals surface area contributed by atoms with E-state index in [4.69, 9.17) is 4.74 Å². The maximum Gasteiger partial charge on any atom is 0.416 e. The number of amides is 1. The molecule has 0 bridgehead atoms. The summed E-state index contributed by atoms with van der Waals surface area (Å²) in [6.07, 6.45) is -3.28. The van der Waals surface area contributed by atoms with Gasteiger partial charge in [-0.15, -0.1) is 0 Å². The van der Waals surface area contributed by atoms with E-state index in [0.717, 1.165) is 12.1 Å². The average molecular weight is 377 g/mol. The molecule has 1 N–H and O–H groups in total. The number of anilines is 1. The van der Waals surface area contributed by atoms with E-state index in [2.05, 4.69) is 15.3 Å². The summed E-state index contributed by atoms with van der Waals surface area (Å²) in [7, 11) is 0. The summed E-state index contributed by atoms with van der Waals surface area (Å²) in [4.78, 5) is 19.8. The second-order valence-corrected chi connectivity index (χ2v) is 5.31. The highest BCUT2D eigenvalue weighted by molar-refractivity contribution is 6.01. The number of hydrogen-bond donors (Lipinski definition) is 1. The molecule has 1 amide bonds. The van der Waals surface area contributed by atoms with Gasteiger partial charge in [0.15, 0.2) is 0 Å². The van der Waals surface area contributed by atoms with Crippen LogP contribution in [0.25, 0.3) is 0 Å². The van der Waals surface area contributed by atoms with Crippen LogP contribution in [0, 0.1) is 5.82 Å². The molecule has 3 rings (SSSR count). The average Bonchev–Trinajstić information content (AvgIpc) is 2.63. The zero-order valence-corrected chi connectivity index (χ0v) is 13.5. The first-order valence-corrected chi connectivity index (χ1v) is 7.56. The monoisotopic (exact) mass is 377 g/mol. The zero-order chi connectivity index (χ0) is 19.4. The van der Waals surface area contributed by atoms with Crippen LogP contribution in [0.3, 0.4) is 0 Å². The Balaban J connectivity index is 1.75. The first-order valence-electron chi connectivity index (χ1n) is 7.56. The minimum Gasteiger partial charge on any atom is -0.439 e. The Morgan fingerprint density at radius 3 is 2.48 bits per heavy atom. The fourth-order valence-corrected chi connectivity index (χ4v) is 2.09. The fraction of sp³-hybridized carbons (Fsp3) is 0.0556. The minimum atomic E-state index is -4.51. The molecule has 0 aliphatic heterocycles. The van der Waals surface area contributed by atoms with E-state index >= 15 is 0 Å². The lowest BCUT2D eigenvalue weighted by atomic mass is 10.2. The van der Waals surface area contributed by atoms with Crippen LogP contribution in [0.2, 0.25) is 0 Å². The van der Waals surface area contributed by atoms with Crippen LogP contribution in [-0.4, -0.2) is 15.9 Å². The molecule has 2 aromatic carbocycles. The van der Waals surface area contributed by atoms with Gasteiger partial charge in [-0.1, -0.05) is 6.07 Å². The van der Waals surface area contributed by atoms with Gasteiger partial charge in [-0.05, 0) is 42.5 Å². The normalized spacial score (nSPS) is 11.1. The Labute approximate surface area is 150 Å². The number of nitrogens with zero attached hydrogens (tertiary/aromatic N) is 2. The minimum absolute atomic E-state index is 0.0894. The largest absolute Gasteiger partial charge is 0.439 e. The van der Waals surface area contributed by atoms with Gasteiger partial charge in [0.25, 0.3) is 5.91 Å². The predicted octanol–water partition coefficient (Wildman–Crippen LogP) is 4.68. The summed E-state index contributed by atoms with van der Waals surface area (Å²) >= 11 is 0. The number of rotatable bonds is 4. The summed E-state index contributed by atoms with van der Waals surface area (Å²) in [5, 5.41) is 2.47. The molecule has 0 saturated carbocycles. The lowest BCUT2D eigenvalue weighted by Gasteiger charge is -2.10. The van der Waals surface area contributed by atoms with Crippen LogP contribution in [0.15, 0.2) is 60.8 Å². The van der Waals surface area contributed by atoms with Crippen molar-refractivity contribution in [1.29, 1.82) is 0 Å². The third-order valence-corrected chi connectivity index (χ3v) is 3.32. The quantitative estimate of drug-likeness (QED) is 0.671. The Morgan fingerprint density at radius 1 is 1.04 bits per heavy atom. The summed E-state index contributed by atoms with van der Waals surface area (Å²) < 4.78 is 56.4. The van der Waals surface area contributed by atoms with Gasteiger partial charge < -0.3 is 10.1 Å². The molecule has 5 nitrogen and oxygen atoms in total. The smallest absolute Gasteiger partial charge is 0.416 e. The van der Waals surface area contributed by atoms with Crippen LogP contribution in [-0.2, 0) is 6.18 Å². The van der Waals surface area contributed by atoms with E-state index in [9.17, 15) is 22.4 Å². The van der Waals surface area contributed by atoms with Crippen molar-refractivity contribution in [1.82, 2.24) is 9.97 Å². The summed E-state index contributed by atoms with van der Waals surface area (Å²) in [6, 6.07) is 10.6. The molecule has 0 atom stereocenters. The molecule has 0 fully saturated rings. The van der Waals surface area contributed by atoms with E-state index < -0.39 is 23.5 Å². The van der Waals surface area contributed by atoms with Gasteiger partial charge in [-0.2, -0.15) is 18.2 Å². The number of nitrogens with one attached hydrogen (secondary N) is 1. The molecule has 9 heteroatoms. The topological polar surface area (TPSA) is 64.1 Å². The van der Waals surface area contributed by atoms with Crippen molar-refractivity contribution in [2.24, 2.45) is 0 Å². The van der Waals surface area contributed by atoms with Gasteiger partial charge in [-0.25, -0.2) is 9.37 Å². The number of halogens is 4. The highest BCUT2D eigenvalue weighted by Crippen LogP contribution is 2.32. The maximum atomic E-state index is 12.9. The summed E-state index contributed by atoms with van der Waals surface area (Å²) in [5.41, 5.74) is -0.544. The van der Waals surface area contributed by atoms with Gasteiger partial charge in [0, 0.05) is 18.0 Å². The van der Waals surface area contributed by atoms with Crippen molar-refractivity contribution in [3.8, 4) is 11.6 Å². The Hall–Kier alpha value is -3.49. The number of aromatic nitrogens is 2. The Morgan fingerprint density at radius 2 is 1.78 bits per heavy atom. The van der Waals surface area contributed by atoms with Gasteiger partial charge in [0.05, 0.1) is 5.56 Å². The first kappa shape index (κ1) is 18.3. The summed E-state index contributed by atoms with van der Waals surface area (Å²) in [6.45, 7) is 0. The number of alkyl halides is 3. The Kier molecular flexibility index (Phi) is 5.02. The molecule has 1 heterocycles. The molecule has 27 heavy (non-hydrogen) atoms. The molecule has 1 aromatic heterocycles. The molecular formula is C18H11F4N3O2. The van der Waals surface area contributed by atoms with Gasteiger partial charge in [0.1, 0.15) is 11.6 Å². The molecule has 0 radical (unpaired) electrons. The van der Waals surface area contributed by atoms with Crippen molar-refractivity contribution in [2.45, 2.75) is 6.18 Å². The number of carbonyl (C=O) groups excluding carboxylic acids is 1. The SMILES string of the molecule is O=C(Nc1ccc(F)cc1)c1nccc(Oc2cccc(C(F)(F)F)c2)n1. The van der Waals surface area contributed by atoms with Gasteiger partial charge in [0.2, 0.25) is 11.7 Å². The lowest BCUT2D eigenvalue weighted by Crippen LogP contribution is -2.15. The van der Waals surface area contributed by atoms with E-state index in [0.29, 0.717) is 5.69 Å². The Bertz CT molecular complexity index is 959. The maximum absolute atomic E-state index is 12.9. The van der Waals surface area contributed by atoms with Crippen LogP contribution in [0.4, 0.5) is 23.2 Å². The number of carbonyl (C=O) groups is 1. The molecule has 0 unspecified atom stereocenters. The molecule has 3 aromatic rings. The van der Waals surface area contributed by atoms with Gasteiger partial charge in [-0.3, -0.25) is 4.79 Å². The van der Waals surface area contributed by atoms with Crippen molar-refractivity contribution in [2.75, 3.05) is 5.32 Å². The van der Waals surface area contributed by atoms with E-state index in [1.54, 1.807) is 0 Å². The van der Waals surface area contributed by atoms with E-state index in [1.807, 2.05) is 0 Å². The second kappa shape index (κ2) is 7.40. The standard InChI is InChI=1S/C18H11F4N3O2/c19-12-4-6-13(7-5-12)24-17(26)16-23-9-8-15(25-16)27-14-3-1-2-11(10-14)18(20,21)22/h1-10H,(H,24,26). The van der Waals surface area contributed by atoms with Gasteiger partial charge >= 0.3 is 6.18 Å². The van der Waals surface area contributed by atoms with Crippen LogP contribution in [0.5, 0.6) is 11.6 Å². The van der Waals surface area contributed by atoms with Crippen LogP contribution >= 0.6 is 0 Å². The van der Waals surface area contributed by atoms with Crippen molar-refractivity contribution in [3.05, 3.63) is 78.0 Å². The van der Waals surface area contributed by atoms with Crippen LogP contribution in [0.1, 0.15) is 16.2 Å². The fourth-order valence-electron chi connectivity index (χ4n) is 2.09.